The molecule has 8 nitrogen and oxygen atoms in total. The van der Waals surface area contributed by atoms with Crippen LogP contribution < -0.4 is 16.0 Å². The quantitative estimate of drug-likeness (QED) is 0.293. The lowest BCUT2D eigenvalue weighted by Crippen LogP contribution is -2.48. The summed E-state index contributed by atoms with van der Waals surface area (Å²) in [6, 6.07) is 12.6. The monoisotopic (exact) mass is 424 g/mol. The molecule has 166 valence electrons. The predicted octanol–water partition coefficient (Wildman–Crippen LogP) is 1.74. The van der Waals surface area contributed by atoms with Crippen molar-refractivity contribution in [3.63, 3.8) is 0 Å². The van der Waals surface area contributed by atoms with Crippen molar-refractivity contribution >= 4 is 11.9 Å². The van der Waals surface area contributed by atoms with Crippen LogP contribution in [-0.4, -0.2) is 65.6 Å². The normalized spacial score (nSPS) is 15.5. The molecule has 0 saturated carbocycles. The SMILES string of the molecule is CCNC(=NCCNC(=O)c1ccc(O)cc1)NC1CCN(Cc2ccccn2)CC1. The number of hydrogen-bond donors (Lipinski definition) is 4. The number of phenols is 1. The third kappa shape index (κ3) is 7.57. The molecule has 0 aliphatic carbocycles. The summed E-state index contributed by atoms with van der Waals surface area (Å²) in [4.78, 5) is 23.6. The van der Waals surface area contributed by atoms with E-state index in [1.807, 2.05) is 25.3 Å². The van der Waals surface area contributed by atoms with Crippen molar-refractivity contribution < 1.29 is 9.90 Å². The summed E-state index contributed by atoms with van der Waals surface area (Å²) in [7, 11) is 0. The van der Waals surface area contributed by atoms with E-state index in [0.717, 1.165) is 50.7 Å². The molecule has 0 radical (unpaired) electrons. The smallest absolute Gasteiger partial charge is 0.251 e. The number of nitrogens with zero attached hydrogens (tertiary/aromatic N) is 3. The van der Waals surface area contributed by atoms with Crippen LogP contribution in [0.25, 0.3) is 0 Å². The minimum Gasteiger partial charge on any atom is -0.508 e. The van der Waals surface area contributed by atoms with Crippen molar-refractivity contribution in [1.29, 1.82) is 0 Å². The molecular formula is C23H32N6O2. The van der Waals surface area contributed by atoms with Gasteiger partial charge in [-0.05, 0) is 56.2 Å². The fraction of sp³-hybridized carbons (Fsp3) is 0.435. The molecule has 1 fully saturated rings. The summed E-state index contributed by atoms with van der Waals surface area (Å²) >= 11 is 0. The number of aliphatic imine (C=N–C) groups is 1. The minimum absolute atomic E-state index is 0.144. The van der Waals surface area contributed by atoms with Gasteiger partial charge in [0.2, 0.25) is 0 Å². The van der Waals surface area contributed by atoms with E-state index >= 15 is 0 Å². The molecule has 0 bridgehead atoms. The molecule has 2 heterocycles. The second-order valence-electron chi connectivity index (χ2n) is 7.58. The summed E-state index contributed by atoms with van der Waals surface area (Å²) in [5, 5.41) is 19.0. The van der Waals surface area contributed by atoms with Crippen molar-refractivity contribution in [2.45, 2.75) is 32.4 Å². The van der Waals surface area contributed by atoms with Crippen molar-refractivity contribution in [2.75, 3.05) is 32.7 Å². The lowest BCUT2D eigenvalue weighted by Gasteiger charge is -2.32. The summed E-state index contributed by atoms with van der Waals surface area (Å²) in [6.45, 7) is 6.69. The number of phenolic OH excluding ortho intramolecular Hbond substituents is 1. The molecule has 4 N–H and O–H groups in total. The molecule has 3 rings (SSSR count). The zero-order chi connectivity index (χ0) is 21.9. The largest absolute Gasteiger partial charge is 0.508 e. The number of likely N-dealkylation sites (tertiary alicyclic amines) is 1. The van der Waals surface area contributed by atoms with Gasteiger partial charge in [0, 0.05) is 50.5 Å². The first-order chi connectivity index (χ1) is 15.1. The van der Waals surface area contributed by atoms with Crippen LogP contribution in [0, 0.1) is 0 Å². The van der Waals surface area contributed by atoms with Gasteiger partial charge in [0.15, 0.2) is 5.96 Å². The Kier molecular flexibility index (Phi) is 8.66. The number of pyridine rings is 1. The Morgan fingerprint density at radius 1 is 1.16 bits per heavy atom. The number of nitrogens with one attached hydrogen (secondary N) is 3. The zero-order valence-corrected chi connectivity index (χ0v) is 18.1. The number of amides is 1. The molecule has 0 spiro atoms. The highest BCUT2D eigenvalue weighted by atomic mass is 16.3. The summed E-state index contributed by atoms with van der Waals surface area (Å²) < 4.78 is 0. The number of carbonyl (C=O) groups excluding carboxylic acids is 1. The van der Waals surface area contributed by atoms with E-state index in [1.165, 1.54) is 12.1 Å². The number of benzene rings is 1. The van der Waals surface area contributed by atoms with Crippen LogP contribution >= 0.6 is 0 Å². The Labute approximate surface area is 183 Å². The van der Waals surface area contributed by atoms with E-state index in [9.17, 15) is 9.90 Å². The fourth-order valence-corrected chi connectivity index (χ4v) is 3.52. The fourth-order valence-electron chi connectivity index (χ4n) is 3.52. The van der Waals surface area contributed by atoms with Crippen LogP contribution in [0.2, 0.25) is 0 Å². The maximum atomic E-state index is 12.1. The number of aromatic nitrogens is 1. The highest BCUT2D eigenvalue weighted by Gasteiger charge is 2.20. The predicted molar refractivity (Wildman–Crippen MR) is 122 cm³/mol. The van der Waals surface area contributed by atoms with Gasteiger partial charge in [-0.2, -0.15) is 0 Å². The molecule has 0 unspecified atom stereocenters. The maximum Gasteiger partial charge on any atom is 0.251 e. The van der Waals surface area contributed by atoms with Crippen molar-refractivity contribution in [2.24, 2.45) is 4.99 Å². The number of hydrogen-bond acceptors (Lipinski definition) is 5. The van der Waals surface area contributed by atoms with Gasteiger partial charge < -0.3 is 21.1 Å². The average Bonchev–Trinajstić information content (AvgIpc) is 2.79. The van der Waals surface area contributed by atoms with Crippen LogP contribution in [0.3, 0.4) is 0 Å². The molecule has 1 saturated heterocycles. The number of rotatable bonds is 8. The second-order valence-corrected chi connectivity index (χ2v) is 7.58. The first-order valence-electron chi connectivity index (χ1n) is 10.9. The number of carbonyl (C=O) groups is 1. The van der Waals surface area contributed by atoms with E-state index in [-0.39, 0.29) is 11.7 Å². The third-order valence-electron chi connectivity index (χ3n) is 5.18. The second kappa shape index (κ2) is 11.9. The van der Waals surface area contributed by atoms with E-state index in [0.29, 0.717) is 24.7 Å². The van der Waals surface area contributed by atoms with Gasteiger partial charge in [0.05, 0.1) is 12.2 Å². The summed E-state index contributed by atoms with van der Waals surface area (Å²) in [5.74, 6) is 0.753. The molecule has 1 aromatic heterocycles. The minimum atomic E-state index is -0.173. The Hall–Kier alpha value is -3.13. The Balaban J connectivity index is 1.40. The van der Waals surface area contributed by atoms with Gasteiger partial charge in [-0.25, -0.2) is 0 Å². The van der Waals surface area contributed by atoms with Crippen LogP contribution in [0.1, 0.15) is 35.8 Å². The van der Waals surface area contributed by atoms with E-state index in [2.05, 4.69) is 36.9 Å². The average molecular weight is 425 g/mol. The Bertz CT molecular complexity index is 833. The van der Waals surface area contributed by atoms with E-state index in [1.54, 1.807) is 12.1 Å². The van der Waals surface area contributed by atoms with Crippen molar-refractivity contribution in [3.8, 4) is 5.75 Å². The lowest BCUT2D eigenvalue weighted by molar-refractivity contribution is 0.0955. The first-order valence-corrected chi connectivity index (χ1v) is 10.9. The van der Waals surface area contributed by atoms with Crippen LogP contribution in [-0.2, 0) is 6.54 Å². The molecule has 2 aromatic rings. The Morgan fingerprint density at radius 3 is 2.61 bits per heavy atom. The zero-order valence-electron chi connectivity index (χ0n) is 18.1. The molecule has 0 atom stereocenters. The van der Waals surface area contributed by atoms with Crippen molar-refractivity contribution in [3.05, 3.63) is 59.9 Å². The van der Waals surface area contributed by atoms with Gasteiger partial charge in [-0.1, -0.05) is 6.07 Å². The third-order valence-corrected chi connectivity index (χ3v) is 5.18. The highest BCUT2D eigenvalue weighted by molar-refractivity contribution is 5.94. The van der Waals surface area contributed by atoms with Crippen LogP contribution in [0.4, 0.5) is 0 Å². The molecule has 1 aromatic carbocycles. The van der Waals surface area contributed by atoms with E-state index < -0.39 is 0 Å². The maximum absolute atomic E-state index is 12.1. The first kappa shape index (κ1) is 22.6. The van der Waals surface area contributed by atoms with Crippen molar-refractivity contribution in [1.82, 2.24) is 25.8 Å². The Morgan fingerprint density at radius 2 is 1.94 bits per heavy atom. The van der Waals surface area contributed by atoms with Gasteiger partial charge in [-0.15, -0.1) is 0 Å². The standard InChI is InChI=1S/C23H32N6O2/c1-2-24-23(27-14-13-26-22(31)18-6-8-21(30)9-7-18)28-19-10-15-29(16-11-19)17-20-5-3-4-12-25-20/h3-9,12,19,30H,2,10-11,13-17H2,1H3,(H,26,31)(H2,24,27,28). The lowest BCUT2D eigenvalue weighted by atomic mass is 10.0. The molecule has 1 amide bonds. The molecule has 1 aliphatic rings. The van der Waals surface area contributed by atoms with Gasteiger partial charge >= 0.3 is 0 Å². The highest BCUT2D eigenvalue weighted by Crippen LogP contribution is 2.13. The number of guanidine groups is 1. The molecule has 31 heavy (non-hydrogen) atoms. The van der Waals surface area contributed by atoms with Crippen LogP contribution in [0.15, 0.2) is 53.7 Å². The topological polar surface area (TPSA) is 102 Å². The molecule has 8 heteroatoms. The molecule has 1 aliphatic heterocycles. The van der Waals surface area contributed by atoms with Gasteiger partial charge in [-0.3, -0.25) is 19.7 Å². The van der Waals surface area contributed by atoms with E-state index in [4.69, 9.17) is 0 Å². The summed E-state index contributed by atoms with van der Waals surface area (Å²) in [5.41, 5.74) is 1.63. The van der Waals surface area contributed by atoms with Gasteiger partial charge in [0.1, 0.15) is 5.75 Å². The van der Waals surface area contributed by atoms with Gasteiger partial charge in [0.25, 0.3) is 5.91 Å². The number of piperidine rings is 1. The number of aromatic hydroxyl groups is 1. The molecular weight excluding hydrogens is 392 g/mol. The van der Waals surface area contributed by atoms with Crippen LogP contribution in [0.5, 0.6) is 5.75 Å². The summed E-state index contributed by atoms with van der Waals surface area (Å²) in [6.07, 6.45) is 3.94.